The second kappa shape index (κ2) is 13.1. The maximum Gasteiger partial charge on any atom is 0.432 e. The number of benzene rings is 5. The summed E-state index contributed by atoms with van der Waals surface area (Å²) in [5.41, 5.74) is 0.561. The Morgan fingerprint density at radius 1 is 0.533 bits per heavy atom. The monoisotopic (exact) mass is 626 g/mol. The molecule has 5 aromatic carbocycles. The van der Waals surface area contributed by atoms with Gasteiger partial charge in [-0.05, 0) is 82.6 Å². The highest BCUT2D eigenvalue weighted by atomic mass is 19.3. The van der Waals surface area contributed by atoms with Crippen molar-refractivity contribution in [2.75, 3.05) is 0 Å². The van der Waals surface area contributed by atoms with Crippen molar-refractivity contribution < 1.29 is 39.9 Å². The van der Waals surface area contributed by atoms with Crippen molar-refractivity contribution in [2.45, 2.75) is 38.7 Å². The zero-order chi connectivity index (χ0) is 32.3. The summed E-state index contributed by atoms with van der Waals surface area (Å²) in [7, 11) is 0. The standard InChI is InChI=1S/C36H26F8O/c1-2-3-4-5-21-6-8-22(9-7-21)25-16-30(38)34(31(39)17-25)36(43,44)45-27-14-15-28(29(37)20-27)24-12-10-23(11-13-24)26-18-32(40)35(42)33(41)19-26/h6-20H,2-5H2,1H3. The Kier molecular flexibility index (Phi) is 9.27. The maximum atomic E-state index is 15.0. The van der Waals surface area contributed by atoms with E-state index in [1.807, 2.05) is 12.1 Å². The molecule has 0 spiro atoms. The Balaban J connectivity index is 1.33. The van der Waals surface area contributed by atoms with Crippen LogP contribution in [0.15, 0.2) is 91.0 Å². The second-order valence-corrected chi connectivity index (χ2v) is 10.6. The van der Waals surface area contributed by atoms with Gasteiger partial charge in [0.15, 0.2) is 17.5 Å². The fourth-order valence-corrected chi connectivity index (χ4v) is 5.02. The van der Waals surface area contributed by atoms with Gasteiger partial charge in [0.1, 0.15) is 28.8 Å². The summed E-state index contributed by atoms with van der Waals surface area (Å²) in [5.74, 6) is -9.07. The minimum absolute atomic E-state index is 0.0354. The molecular formula is C36H26F8O. The summed E-state index contributed by atoms with van der Waals surface area (Å²) in [6.45, 7) is 2.09. The van der Waals surface area contributed by atoms with E-state index in [1.165, 1.54) is 24.3 Å². The summed E-state index contributed by atoms with van der Waals surface area (Å²) in [5, 5.41) is 0. The zero-order valence-corrected chi connectivity index (χ0v) is 23.9. The largest absolute Gasteiger partial charge is 0.432 e. The highest BCUT2D eigenvalue weighted by Crippen LogP contribution is 2.38. The van der Waals surface area contributed by atoms with Crippen LogP contribution in [0.3, 0.4) is 0 Å². The highest BCUT2D eigenvalue weighted by Gasteiger charge is 2.41. The average molecular weight is 627 g/mol. The third-order valence-electron chi connectivity index (χ3n) is 7.39. The summed E-state index contributed by atoms with van der Waals surface area (Å²) < 4.78 is 120. The third kappa shape index (κ3) is 7.03. The number of ether oxygens (including phenoxy) is 1. The summed E-state index contributed by atoms with van der Waals surface area (Å²) >= 11 is 0. The second-order valence-electron chi connectivity index (χ2n) is 10.6. The first-order valence-electron chi connectivity index (χ1n) is 14.2. The van der Waals surface area contributed by atoms with E-state index in [0.717, 1.165) is 67.6 Å². The number of hydrogen-bond donors (Lipinski definition) is 0. The molecule has 0 fully saturated rings. The van der Waals surface area contributed by atoms with Crippen molar-refractivity contribution in [1.29, 1.82) is 0 Å². The molecule has 5 rings (SSSR count). The summed E-state index contributed by atoms with van der Waals surface area (Å²) in [6, 6.07) is 18.6. The quantitative estimate of drug-likeness (QED) is 0.0852. The van der Waals surface area contributed by atoms with E-state index in [4.69, 9.17) is 0 Å². The van der Waals surface area contributed by atoms with Crippen molar-refractivity contribution in [2.24, 2.45) is 0 Å². The normalized spacial score (nSPS) is 11.6. The van der Waals surface area contributed by atoms with E-state index in [1.54, 1.807) is 12.1 Å². The lowest BCUT2D eigenvalue weighted by atomic mass is 9.99. The number of alkyl halides is 2. The van der Waals surface area contributed by atoms with Crippen LogP contribution >= 0.6 is 0 Å². The Labute approximate surface area is 254 Å². The van der Waals surface area contributed by atoms with Gasteiger partial charge in [-0.3, -0.25) is 0 Å². The van der Waals surface area contributed by atoms with Gasteiger partial charge < -0.3 is 4.74 Å². The topological polar surface area (TPSA) is 9.23 Å². The molecule has 0 aliphatic heterocycles. The van der Waals surface area contributed by atoms with Gasteiger partial charge in [0.05, 0.1) is 0 Å². The first-order valence-corrected chi connectivity index (χ1v) is 14.2. The van der Waals surface area contributed by atoms with E-state index in [9.17, 15) is 26.3 Å². The minimum atomic E-state index is -4.48. The SMILES string of the molecule is CCCCCc1ccc(-c2cc(F)c(C(F)(F)Oc3ccc(-c4ccc(-c5cc(F)c(F)c(F)c5)cc4)c(F)c3)c(F)c2)cc1. The molecule has 0 saturated heterocycles. The van der Waals surface area contributed by atoms with Crippen LogP contribution in [-0.4, -0.2) is 0 Å². The predicted molar refractivity (Wildman–Crippen MR) is 157 cm³/mol. The molecule has 45 heavy (non-hydrogen) atoms. The van der Waals surface area contributed by atoms with Gasteiger partial charge in [0.25, 0.3) is 0 Å². The van der Waals surface area contributed by atoms with E-state index >= 15 is 8.78 Å². The van der Waals surface area contributed by atoms with Crippen molar-refractivity contribution in [3.63, 3.8) is 0 Å². The molecule has 0 N–H and O–H groups in total. The first kappa shape index (κ1) is 31.8. The van der Waals surface area contributed by atoms with E-state index in [2.05, 4.69) is 11.7 Å². The molecule has 0 atom stereocenters. The van der Waals surface area contributed by atoms with Gasteiger partial charge >= 0.3 is 6.11 Å². The van der Waals surface area contributed by atoms with Gasteiger partial charge in [-0.2, -0.15) is 8.78 Å². The van der Waals surface area contributed by atoms with E-state index < -0.39 is 52.3 Å². The van der Waals surface area contributed by atoms with Crippen LogP contribution in [0, 0.1) is 34.9 Å². The van der Waals surface area contributed by atoms with Crippen LogP contribution < -0.4 is 4.74 Å². The fourth-order valence-electron chi connectivity index (χ4n) is 5.02. The van der Waals surface area contributed by atoms with Crippen LogP contribution in [0.2, 0.25) is 0 Å². The molecule has 0 aliphatic rings. The molecule has 0 amide bonds. The lowest BCUT2D eigenvalue weighted by molar-refractivity contribution is -0.189. The van der Waals surface area contributed by atoms with Crippen LogP contribution in [-0.2, 0) is 12.5 Å². The van der Waals surface area contributed by atoms with E-state index in [0.29, 0.717) is 17.2 Å². The molecule has 0 radical (unpaired) electrons. The minimum Gasteiger partial charge on any atom is -0.429 e. The Morgan fingerprint density at radius 2 is 1.04 bits per heavy atom. The molecule has 0 aliphatic carbocycles. The molecule has 5 aromatic rings. The highest BCUT2D eigenvalue weighted by molar-refractivity contribution is 5.71. The lowest BCUT2D eigenvalue weighted by Crippen LogP contribution is -2.25. The number of aryl methyl sites for hydroxylation is 1. The van der Waals surface area contributed by atoms with Gasteiger partial charge in [0.2, 0.25) is 0 Å². The van der Waals surface area contributed by atoms with Gasteiger partial charge in [0, 0.05) is 11.6 Å². The van der Waals surface area contributed by atoms with Gasteiger partial charge in [-0.25, -0.2) is 26.3 Å². The molecule has 0 saturated carbocycles. The molecule has 1 nitrogen and oxygen atoms in total. The molecule has 0 unspecified atom stereocenters. The van der Waals surface area contributed by atoms with Gasteiger partial charge in [-0.1, -0.05) is 68.3 Å². The first-order chi connectivity index (χ1) is 21.5. The van der Waals surface area contributed by atoms with Gasteiger partial charge in [-0.15, -0.1) is 0 Å². The van der Waals surface area contributed by atoms with Crippen LogP contribution in [0.5, 0.6) is 5.75 Å². The lowest BCUT2D eigenvalue weighted by Gasteiger charge is -2.20. The maximum absolute atomic E-state index is 15.0. The van der Waals surface area contributed by atoms with Crippen molar-refractivity contribution in [3.8, 4) is 39.1 Å². The van der Waals surface area contributed by atoms with Crippen molar-refractivity contribution in [1.82, 2.24) is 0 Å². The van der Waals surface area contributed by atoms with Crippen LogP contribution in [0.4, 0.5) is 35.1 Å². The summed E-state index contributed by atoms with van der Waals surface area (Å²) in [4.78, 5) is 0. The van der Waals surface area contributed by atoms with Crippen molar-refractivity contribution >= 4 is 0 Å². The molecule has 0 heterocycles. The molecule has 0 aromatic heterocycles. The molecule has 9 heteroatoms. The summed E-state index contributed by atoms with van der Waals surface area (Å²) in [6.07, 6.45) is -0.466. The number of halogens is 8. The van der Waals surface area contributed by atoms with Crippen molar-refractivity contribution in [3.05, 3.63) is 137 Å². The predicted octanol–water partition coefficient (Wildman–Crippen LogP) is 11.4. The number of unbranched alkanes of at least 4 members (excludes halogenated alkanes) is 2. The smallest absolute Gasteiger partial charge is 0.429 e. The Hall–Kier alpha value is -4.66. The Morgan fingerprint density at radius 3 is 1.58 bits per heavy atom. The molecular weight excluding hydrogens is 600 g/mol. The third-order valence-corrected chi connectivity index (χ3v) is 7.39. The Bertz CT molecular complexity index is 1770. The van der Waals surface area contributed by atoms with Crippen LogP contribution in [0.1, 0.15) is 37.3 Å². The molecule has 0 bridgehead atoms. The average Bonchev–Trinajstić information content (AvgIpc) is 2.99. The van der Waals surface area contributed by atoms with E-state index in [-0.39, 0.29) is 22.3 Å². The number of hydrogen-bond acceptors (Lipinski definition) is 1. The zero-order valence-electron chi connectivity index (χ0n) is 23.9. The molecule has 232 valence electrons. The fraction of sp³-hybridized carbons (Fsp3) is 0.167. The van der Waals surface area contributed by atoms with Crippen LogP contribution in [0.25, 0.3) is 33.4 Å². The number of rotatable bonds is 10.